The predicted octanol–water partition coefficient (Wildman–Crippen LogP) is 1.65. The lowest BCUT2D eigenvalue weighted by molar-refractivity contribution is 0.0516. The van der Waals surface area contributed by atoms with Crippen molar-refractivity contribution in [3.05, 3.63) is 23.0 Å². The Kier molecular flexibility index (Phi) is 3.93. The van der Waals surface area contributed by atoms with Crippen LogP contribution >= 0.6 is 0 Å². The van der Waals surface area contributed by atoms with Crippen LogP contribution in [0.4, 0.5) is 14.5 Å². The molecule has 0 unspecified atom stereocenters. The number of nitrogens with two attached hydrogens (primary N) is 1. The van der Waals surface area contributed by atoms with E-state index in [4.69, 9.17) is 11.0 Å². The Labute approximate surface area is 95.8 Å². The van der Waals surface area contributed by atoms with Crippen molar-refractivity contribution in [2.75, 3.05) is 12.3 Å². The quantitative estimate of drug-likeness (QED) is 0.812. The summed E-state index contributed by atoms with van der Waals surface area (Å²) in [7, 11) is 0. The lowest BCUT2D eigenvalue weighted by Gasteiger charge is -2.10. The minimum atomic E-state index is -2.92. The topological polar surface area (TPSA) is 89.0 Å². The number of aromatic nitrogens is 1. The number of nitriles is 1. The SMILES string of the molecule is CCOC(=O)c1c(C(F)F)cnc(C#N)c1N. The molecule has 1 heterocycles. The monoisotopic (exact) mass is 241 g/mol. The maximum absolute atomic E-state index is 12.7. The molecule has 0 spiro atoms. The van der Waals surface area contributed by atoms with Crippen molar-refractivity contribution in [3.8, 4) is 6.07 Å². The van der Waals surface area contributed by atoms with Crippen LogP contribution in [0, 0.1) is 11.3 Å². The van der Waals surface area contributed by atoms with E-state index in [-0.39, 0.29) is 18.0 Å². The Bertz CT molecular complexity index is 483. The summed E-state index contributed by atoms with van der Waals surface area (Å²) in [4.78, 5) is 14.9. The summed E-state index contributed by atoms with van der Waals surface area (Å²) in [6.45, 7) is 1.55. The molecule has 0 aliphatic heterocycles. The van der Waals surface area contributed by atoms with Gasteiger partial charge in [0.25, 0.3) is 6.43 Å². The number of carbonyl (C=O) groups is 1. The Morgan fingerprint density at radius 2 is 2.35 bits per heavy atom. The van der Waals surface area contributed by atoms with Crippen LogP contribution < -0.4 is 5.73 Å². The Hall–Kier alpha value is -2.23. The molecule has 0 saturated heterocycles. The number of hydrogen-bond acceptors (Lipinski definition) is 5. The van der Waals surface area contributed by atoms with Crippen molar-refractivity contribution in [3.63, 3.8) is 0 Å². The average molecular weight is 241 g/mol. The summed E-state index contributed by atoms with van der Waals surface area (Å²) < 4.78 is 29.9. The smallest absolute Gasteiger partial charge is 0.340 e. The first kappa shape index (κ1) is 12.8. The van der Waals surface area contributed by atoms with Gasteiger partial charge in [-0.15, -0.1) is 0 Å². The van der Waals surface area contributed by atoms with E-state index in [0.717, 1.165) is 6.20 Å². The molecule has 0 atom stereocenters. The van der Waals surface area contributed by atoms with Gasteiger partial charge in [-0.2, -0.15) is 5.26 Å². The van der Waals surface area contributed by atoms with Crippen LogP contribution in [-0.4, -0.2) is 17.6 Å². The number of nitrogens with zero attached hydrogens (tertiary/aromatic N) is 2. The average Bonchev–Trinajstić information content (AvgIpc) is 2.28. The van der Waals surface area contributed by atoms with Crippen molar-refractivity contribution in [2.45, 2.75) is 13.3 Å². The second-order valence-corrected chi connectivity index (χ2v) is 2.98. The van der Waals surface area contributed by atoms with Crippen LogP contribution in [0.25, 0.3) is 0 Å². The Balaban J connectivity index is 3.41. The van der Waals surface area contributed by atoms with Gasteiger partial charge < -0.3 is 10.5 Å². The Morgan fingerprint density at radius 1 is 1.71 bits per heavy atom. The maximum atomic E-state index is 12.7. The van der Waals surface area contributed by atoms with Gasteiger partial charge in [-0.05, 0) is 6.92 Å². The first-order chi connectivity index (χ1) is 8.02. The molecule has 0 aromatic carbocycles. The molecule has 0 fully saturated rings. The molecular weight excluding hydrogens is 232 g/mol. The van der Waals surface area contributed by atoms with Gasteiger partial charge in [0.15, 0.2) is 5.69 Å². The normalized spacial score (nSPS) is 10.1. The van der Waals surface area contributed by atoms with Gasteiger partial charge in [0.1, 0.15) is 6.07 Å². The summed E-state index contributed by atoms with van der Waals surface area (Å²) >= 11 is 0. The lowest BCUT2D eigenvalue weighted by atomic mass is 10.1. The minimum absolute atomic E-state index is 0.0190. The van der Waals surface area contributed by atoms with Gasteiger partial charge in [-0.25, -0.2) is 18.6 Å². The number of rotatable bonds is 3. The molecule has 0 amide bonds. The number of carbonyl (C=O) groups excluding carboxylic acids is 1. The second kappa shape index (κ2) is 5.21. The molecule has 0 bridgehead atoms. The molecule has 17 heavy (non-hydrogen) atoms. The van der Waals surface area contributed by atoms with Gasteiger partial charge in [0, 0.05) is 6.20 Å². The molecule has 0 aliphatic carbocycles. The van der Waals surface area contributed by atoms with E-state index >= 15 is 0 Å². The number of anilines is 1. The third-order valence-corrected chi connectivity index (χ3v) is 1.97. The number of pyridine rings is 1. The molecule has 7 heteroatoms. The van der Waals surface area contributed by atoms with Gasteiger partial charge in [0.2, 0.25) is 0 Å². The number of alkyl halides is 2. The van der Waals surface area contributed by atoms with E-state index in [2.05, 4.69) is 9.72 Å². The number of hydrogen-bond donors (Lipinski definition) is 1. The first-order valence-corrected chi connectivity index (χ1v) is 4.66. The fourth-order valence-electron chi connectivity index (χ4n) is 1.23. The van der Waals surface area contributed by atoms with E-state index in [0.29, 0.717) is 0 Å². The highest BCUT2D eigenvalue weighted by molar-refractivity contribution is 5.97. The molecule has 0 saturated carbocycles. The van der Waals surface area contributed by atoms with Gasteiger partial charge in [-0.1, -0.05) is 0 Å². The van der Waals surface area contributed by atoms with Crippen LogP contribution in [0.2, 0.25) is 0 Å². The molecular formula is C10H9F2N3O2. The van der Waals surface area contributed by atoms with Crippen LogP contribution in [0.5, 0.6) is 0 Å². The van der Waals surface area contributed by atoms with Crippen LogP contribution in [0.1, 0.15) is 35.0 Å². The fourth-order valence-corrected chi connectivity index (χ4v) is 1.23. The van der Waals surface area contributed by atoms with Crippen LogP contribution in [-0.2, 0) is 4.74 Å². The number of ether oxygens (including phenoxy) is 1. The largest absolute Gasteiger partial charge is 0.462 e. The highest BCUT2D eigenvalue weighted by atomic mass is 19.3. The van der Waals surface area contributed by atoms with Crippen LogP contribution in [0.15, 0.2) is 6.20 Å². The van der Waals surface area contributed by atoms with Crippen molar-refractivity contribution < 1.29 is 18.3 Å². The number of esters is 1. The fraction of sp³-hybridized carbons (Fsp3) is 0.300. The van der Waals surface area contributed by atoms with Crippen molar-refractivity contribution in [2.24, 2.45) is 0 Å². The molecule has 1 aromatic heterocycles. The molecule has 90 valence electrons. The highest BCUT2D eigenvalue weighted by Gasteiger charge is 2.24. The summed E-state index contributed by atoms with van der Waals surface area (Å²) in [6, 6.07) is 1.61. The molecule has 1 aromatic rings. The summed E-state index contributed by atoms with van der Waals surface area (Å²) in [6.07, 6.45) is -2.16. The van der Waals surface area contributed by atoms with Crippen LogP contribution in [0.3, 0.4) is 0 Å². The third kappa shape index (κ3) is 2.47. The lowest BCUT2D eigenvalue weighted by Crippen LogP contribution is -2.14. The van der Waals surface area contributed by atoms with E-state index in [1.54, 1.807) is 6.07 Å². The van der Waals surface area contributed by atoms with E-state index in [9.17, 15) is 13.6 Å². The third-order valence-electron chi connectivity index (χ3n) is 1.97. The van der Waals surface area contributed by atoms with Gasteiger partial charge >= 0.3 is 5.97 Å². The summed E-state index contributed by atoms with van der Waals surface area (Å²) in [5.41, 5.74) is 3.65. The number of nitrogen functional groups attached to an aromatic ring is 1. The molecule has 2 N–H and O–H groups in total. The number of halogens is 2. The van der Waals surface area contributed by atoms with Crippen molar-refractivity contribution >= 4 is 11.7 Å². The maximum Gasteiger partial charge on any atom is 0.340 e. The zero-order chi connectivity index (χ0) is 13.0. The van der Waals surface area contributed by atoms with Gasteiger partial charge in [0.05, 0.1) is 23.4 Å². The molecule has 0 radical (unpaired) electrons. The van der Waals surface area contributed by atoms with Gasteiger partial charge in [-0.3, -0.25) is 0 Å². The van der Waals surface area contributed by atoms with E-state index < -0.39 is 23.5 Å². The molecule has 1 rings (SSSR count). The molecule has 5 nitrogen and oxygen atoms in total. The summed E-state index contributed by atoms with van der Waals surface area (Å²) in [5, 5.41) is 8.65. The van der Waals surface area contributed by atoms with Crippen molar-refractivity contribution in [1.29, 1.82) is 5.26 Å². The minimum Gasteiger partial charge on any atom is -0.462 e. The zero-order valence-corrected chi connectivity index (χ0v) is 8.91. The molecule has 0 aliphatic rings. The zero-order valence-electron chi connectivity index (χ0n) is 8.91. The second-order valence-electron chi connectivity index (χ2n) is 2.98. The summed E-state index contributed by atoms with van der Waals surface area (Å²) in [5.74, 6) is -0.987. The van der Waals surface area contributed by atoms with E-state index in [1.165, 1.54) is 6.92 Å². The van der Waals surface area contributed by atoms with E-state index in [1.807, 2.05) is 0 Å². The predicted molar refractivity (Wildman–Crippen MR) is 54.3 cm³/mol. The highest BCUT2D eigenvalue weighted by Crippen LogP contribution is 2.28. The van der Waals surface area contributed by atoms with Crippen molar-refractivity contribution in [1.82, 2.24) is 4.98 Å². The Morgan fingerprint density at radius 3 is 2.82 bits per heavy atom. The first-order valence-electron chi connectivity index (χ1n) is 4.66. The standard InChI is InChI=1S/C10H9F2N3O2/c1-2-17-10(16)7-5(9(11)12)4-15-6(3-13)8(7)14/h4,9H,2,14H2,1H3.